The van der Waals surface area contributed by atoms with Crippen LogP contribution in [0.15, 0.2) is 30.4 Å². The van der Waals surface area contributed by atoms with Gasteiger partial charge in [0.25, 0.3) is 0 Å². The minimum Gasteiger partial charge on any atom is -0.479 e. The van der Waals surface area contributed by atoms with E-state index in [1.807, 2.05) is 6.08 Å². The molecule has 2 aliphatic carbocycles. The Bertz CT molecular complexity index is 661. The number of fused-ring (bicyclic) bond motifs is 2. The number of rotatable bonds is 4. The van der Waals surface area contributed by atoms with E-state index in [2.05, 4.69) is 11.4 Å². The van der Waals surface area contributed by atoms with E-state index in [4.69, 9.17) is 11.6 Å². The first-order chi connectivity index (χ1) is 10.5. The largest absolute Gasteiger partial charge is 0.479 e. The van der Waals surface area contributed by atoms with Crippen molar-refractivity contribution in [3.8, 4) is 0 Å². The summed E-state index contributed by atoms with van der Waals surface area (Å²) in [5.41, 5.74) is 0.168. The lowest BCUT2D eigenvalue weighted by Gasteiger charge is -2.21. The summed E-state index contributed by atoms with van der Waals surface area (Å²) in [5.74, 6) is -1.83. The number of aliphatic carboxylic acids is 1. The van der Waals surface area contributed by atoms with E-state index in [9.17, 15) is 19.1 Å². The first-order valence-corrected chi connectivity index (χ1v) is 7.50. The van der Waals surface area contributed by atoms with E-state index in [0.717, 1.165) is 18.9 Å². The van der Waals surface area contributed by atoms with Gasteiger partial charge in [-0.1, -0.05) is 29.8 Å². The van der Waals surface area contributed by atoms with Crippen molar-refractivity contribution in [1.82, 2.24) is 5.32 Å². The Kier molecular flexibility index (Phi) is 3.91. The van der Waals surface area contributed by atoms with Gasteiger partial charge in [-0.2, -0.15) is 0 Å². The molecule has 0 aliphatic heterocycles. The van der Waals surface area contributed by atoms with Crippen LogP contribution in [0.2, 0.25) is 5.02 Å². The average molecular weight is 324 g/mol. The Hall–Kier alpha value is -1.88. The molecule has 3 rings (SSSR count). The number of hydrogen-bond donors (Lipinski definition) is 2. The maximum atomic E-state index is 13.5. The molecule has 0 radical (unpaired) electrons. The Balaban J connectivity index is 1.77. The third-order valence-electron chi connectivity index (χ3n) is 4.43. The minimum atomic E-state index is -1.28. The van der Waals surface area contributed by atoms with Gasteiger partial charge in [-0.25, -0.2) is 9.18 Å². The minimum absolute atomic E-state index is 0.0857. The number of carbonyl (C=O) groups is 2. The molecule has 116 valence electrons. The van der Waals surface area contributed by atoms with Gasteiger partial charge in [0.05, 0.1) is 5.02 Å². The van der Waals surface area contributed by atoms with Crippen LogP contribution < -0.4 is 5.32 Å². The van der Waals surface area contributed by atoms with Gasteiger partial charge in [-0.3, -0.25) is 4.79 Å². The summed E-state index contributed by atoms with van der Waals surface area (Å²) >= 11 is 5.60. The first kappa shape index (κ1) is 15.0. The van der Waals surface area contributed by atoms with Crippen molar-refractivity contribution >= 4 is 23.5 Å². The summed E-state index contributed by atoms with van der Waals surface area (Å²) < 4.78 is 13.5. The summed E-state index contributed by atoms with van der Waals surface area (Å²) in [6, 6.07) is 2.46. The Morgan fingerprint density at radius 2 is 2.09 bits per heavy atom. The Morgan fingerprint density at radius 3 is 2.64 bits per heavy atom. The molecule has 2 aliphatic rings. The SMILES string of the molecule is O=C(O)C(NC(=O)C1CC2C=CC1C2)c1ccc(Cl)c(F)c1. The number of carbonyl (C=O) groups excluding carboxylic acids is 1. The van der Waals surface area contributed by atoms with Gasteiger partial charge in [-0.05, 0) is 42.4 Å². The van der Waals surface area contributed by atoms with Crippen LogP contribution in [0.1, 0.15) is 24.4 Å². The van der Waals surface area contributed by atoms with Gasteiger partial charge in [0.2, 0.25) is 5.91 Å². The highest BCUT2D eigenvalue weighted by molar-refractivity contribution is 6.30. The van der Waals surface area contributed by atoms with Crippen LogP contribution in [0.25, 0.3) is 0 Å². The lowest BCUT2D eigenvalue weighted by molar-refractivity contribution is -0.142. The number of halogens is 2. The van der Waals surface area contributed by atoms with Crippen LogP contribution in [0.5, 0.6) is 0 Å². The fourth-order valence-electron chi connectivity index (χ4n) is 3.31. The molecule has 0 saturated heterocycles. The zero-order valence-electron chi connectivity index (χ0n) is 11.6. The smallest absolute Gasteiger partial charge is 0.330 e. The zero-order valence-corrected chi connectivity index (χ0v) is 12.4. The normalized spacial score (nSPS) is 26.9. The van der Waals surface area contributed by atoms with Crippen molar-refractivity contribution in [2.24, 2.45) is 17.8 Å². The lowest BCUT2D eigenvalue weighted by atomic mass is 9.92. The summed E-state index contributed by atoms with van der Waals surface area (Å²) in [7, 11) is 0. The maximum Gasteiger partial charge on any atom is 0.330 e. The molecule has 1 fully saturated rings. The van der Waals surface area contributed by atoms with E-state index in [1.54, 1.807) is 0 Å². The van der Waals surface area contributed by atoms with E-state index in [1.165, 1.54) is 12.1 Å². The quantitative estimate of drug-likeness (QED) is 0.837. The molecule has 4 nitrogen and oxygen atoms in total. The molecular weight excluding hydrogens is 309 g/mol. The molecule has 2 bridgehead atoms. The summed E-state index contributed by atoms with van der Waals surface area (Å²) in [6.07, 6.45) is 5.83. The average Bonchev–Trinajstić information content (AvgIpc) is 3.10. The van der Waals surface area contributed by atoms with Gasteiger partial charge >= 0.3 is 5.97 Å². The second-order valence-corrected chi connectivity index (χ2v) is 6.25. The second-order valence-electron chi connectivity index (χ2n) is 5.84. The third kappa shape index (κ3) is 2.73. The monoisotopic (exact) mass is 323 g/mol. The second kappa shape index (κ2) is 5.72. The van der Waals surface area contributed by atoms with Crippen molar-refractivity contribution < 1.29 is 19.1 Å². The molecule has 4 atom stereocenters. The molecule has 0 spiro atoms. The molecule has 22 heavy (non-hydrogen) atoms. The Labute approximate surface area is 132 Å². The molecule has 2 N–H and O–H groups in total. The number of nitrogens with one attached hydrogen (secondary N) is 1. The van der Waals surface area contributed by atoms with Gasteiger partial charge < -0.3 is 10.4 Å². The molecule has 0 aromatic heterocycles. The topological polar surface area (TPSA) is 66.4 Å². The summed E-state index contributed by atoms with van der Waals surface area (Å²) in [6.45, 7) is 0. The number of benzene rings is 1. The van der Waals surface area contributed by atoms with Crippen molar-refractivity contribution in [2.75, 3.05) is 0 Å². The molecule has 0 heterocycles. The lowest BCUT2D eigenvalue weighted by Crippen LogP contribution is -2.39. The highest BCUT2D eigenvalue weighted by Crippen LogP contribution is 2.43. The standard InChI is InChI=1S/C16H15ClFNO3/c17-12-4-3-10(7-13(12)18)14(16(21)22)19-15(20)11-6-8-1-2-9(11)5-8/h1-4,7-9,11,14H,5-6H2,(H,19,20)(H,21,22). The van der Waals surface area contributed by atoms with E-state index in [-0.39, 0.29) is 28.3 Å². The maximum absolute atomic E-state index is 13.5. The van der Waals surface area contributed by atoms with Crippen LogP contribution in [0.3, 0.4) is 0 Å². The molecule has 1 amide bonds. The van der Waals surface area contributed by atoms with Crippen molar-refractivity contribution in [3.63, 3.8) is 0 Å². The Morgan fingerprint density at radius 1 is 1.32 bits per heavy atom. The van der Waals surface area contributed by atoms with Crippen LogP contribution in [-0.4, -0.2) is 17.0 Å². The number of allylic oxidation sites excluding steroid dienone is 2. The van der Waals surface area contributed by atoms with Gasteiger partial charge in [-0.15, -0.1) is 0 Å². The third-order valence-corrected chi connectivity index (χ3v) is 4.73. The fraction of sp³-hybridized carbons (Fsp3) is 0.375. The van der Waals surface area contributed by atoms with Crippen molar-refractivity contribution in [3.05, 3.63) is 46.8 Å². The van der Waals surface area contributed by atoms with Gasteiger partial charge in [0.15, 0.2) is 6.04 Å². The summed E-state index contributed by atoms with van der Waals surface area (Å²) in [5, 5.41) is 11.8. The van der Waals surface area contributed by atoms with Crippen LogP contribution in [-0.2, 0) is 9.59 Å². The predicted molar refractivity (Wildman–Crippen MR) is 78.8 cm³/mol. The molecule has 6 heteroatoms. The van der Waals surface area contributed by atoms with Crippen LogP contribution in [0.4, 0.5) is 4.39 Å². The van der Waals surface area contributed by atoms with Crippen molar-refractivity contribution in [1.29, 1.82) is 0 Å². The number of carboxylic acids is 1. The predicted octanol–water partition coefficient (Wildman–Crippen LogP) is 2.93. The number of hydrogen-bond acceptors (Lipinski definition) is 2. The molecule has 1 aromatic rings. The highest BCUT2D eigenvalue weighted by atomic mass is 35.5. The van der Waals surface area contributed by atoms with Gasteiger partial charge in [0.1, 0.15) is 5.82 Å². The molecule has 1 saturated carbocycles. The van der Waals surface area contributed by atoms with Crippen LogP contribution in [0, 0.1) is 23.6 Å². The van der Waals surface area contributed by atoms with E-state index in [0.29, 0.717) is 5.92 Å². The van der Waals surface area contributed by atoms with Gasteiger partial charge in [0, 0.05) is 5.92 Å². The molecule has 1 aromatic carbocycles. The van der Waals surface area contributed by atoms with Crippen molar-refractivity contribution in [2.45, 2.75) is 18.9 Å². The van der Waals surface area contributed by atoms with Crippen LogP contribution >= 0.6 is 11.6 Å². The van der Waals surface area contributed by atoms with E-state index < -0.39 is 17.8 Å². The zero-order chi connectivity index (χ0) is 15.9. The number of carboxylic acid groups (broad SMARTS) is 1. The first-order valence-electron chi connectivity index (χ1n) is 7.12. The molecular formula is C16H15ClFNO3. The van der Waals surface area contributed by atoms with E-state index >= 15 is 0 Å². The fourth-order valence-corrected chi connectivity index (χ4v) is 3.43. The molecule has 4 unspecified atom stereocenters. The number of amides is 1. The highest BCUT2D eigenvalue weighted by Gasteiger charge is 2.40. The summed E-state index contributed by atoms with van der Waals surface area (Å²) in [4.78, 5) is 23.8.